The first-order chi connectivity index (χ1) is 20.0. The van der Waals surface area contributed by atoms with Crippen LogP contribution in [-0.4, -0.2) is 90.7 Å². The van der Waals surface area contributed by atoms with Crippen LogP contribution in [0.15, 0.2) is 31.0 Å². The summed E-state index contributed by atoms with van der Waals surface area (Å²) in [5.41, 5.74) is 4.93. The molecule has 11 nitrogen and oxygen atoms in total. The van der Waals surface area contributed by atoms with E-state index < -0.39 is 0 Å². The number of aromatic nitrogens is 2. The van der Waals surface area contributed by atoms with Crippen LogP contribution in [0.2, 0.25) is 0 Å². The number of amides is 3. The Balaban J connectivity index is 0.00000226. The van der Waals surface area contributed by atoms with E-state index in [-0.39, 0.29) is 14.8 Å². The van der Waals surface area contributed by atoms with Gasteiger partial charge in [-0.25, -0.2) is 15.3 Å². The van der Waals surface area contributed by atoms with Gasteiger partial charge in [-0.2, -0.15) is 4.98 Å². The Bertz CT molecular complexity index is 1180. The molecule has 0 radical (unpaired) electrons. The number of rotatable bonds is 12. The zero-order valence-corrected chi connectivity index (χ0v) is 25.3. The number of fused-ring (bicyclic) bond motifs is 1. The zero-order chi connectivity index (χ0) is 29.8. The van der Waals surface area contributed by atoms with E-state index in [1.165, 1.54) is 0 Å². The van der Waals surface area contributed by atoms with E-state index in [1.54, 1.807) is 41.1 Å². The van der Waals surface area contributed by atoms with Crippen molar-refractivity contribution in [1.82, 2.24) is 25.2 Å². The summed E-state index contributed by atoms with van der Waals surface area (Å²) in [6.45, 7) is 22.2. The van der Waals surface area contributed by atoms with Gasteiger partial charge in [-0.3, -0.25) is 19.4 Å². The quantitative estimate of drug-likeness (QED) is 0.279. The third kappa shape index (κ3) is 8.25. The lowest BCUT2D eigenvalue weighted by atomic mass is 10.1. The lowest BCUT2D eigenvalue weighted by molar-refractivity contribution is 0.0364. The standard InChI is InChI=1S/C28H40N8O3.C2H6.2H2/c1-5-21-16-22(26(37)32-39-8-4)18-24(17-21)36-20-23-19-30-27(31-25(23)35(7-3)28(36)38)29-10-9-11-34-14-12-33(6-2)13-15-34;1-2;;/h5,16-19H,1,6-15,20H2,2-4H3,(H,32,37)(H,29,30,31);1-2H3;2*1H. The Morgan fingerprint density at radius 2 is 1.83 bits per heavy atom. The van der Waals surface area contributed by atoms with Gasteiger partial charge in [0.2, 0.25) is 5.95 Å². The second-order valence-corrected chi connectivity index (χ2v) is 9.59. The Kier molecular flexibility index (Phi) is 12.5. The monoisotopic (exact) mass is 570 g/mol. The fourth-order valence-electron chi connectivity index (χ4n) is 4.86. The molecule has 0 unspecified atom stereocenters. The first-order valence-corrected chi connectivity index (χ1v) is 14.8. The summed E-state index contributed by atoms with van der Waals surface area (Å²) in [5, 5.41) is 3.33. The van der Waals surface area contributed by atoms with Gasteiger partial charge in [0.15, 0.2) is 0 Å². The molecule has 0 bridgehead atoms. The molecule has 0 atom stereocenters. The van der Waals surface area contributed by atoms with Gasteiger partial charge < -0.3 is 15.1 Å². The minimum absolute atomic E-state index is 0. The van der Waals surface area contributed by atoms with Crippen LogP contribution in [0.25, 0.3) is 6.08 Å². The van der Waals surface area contributed by atoms with Crippen LogP contribution in [0.4, 0.5) is 22.2 Å². The number of carbonyl (C=O) groups is 2. The van der Waals surface area contributed by atoms with Crippen molar-refractivity contribution in [3.63, 3.8) is 0 Å². The van der Waals surface area contributed by atoms with Crippen molar-refractivity contribution in [2.75, 3.05) is 74.1 Å². The number of nitrogens with one attached hydrogen (secondary N) is 2. The largest absolute Gasteiger partial charge is 0.354 e. The molecule has 228 valence electrons. The summed E-state index contributed by atoms with van der Waals surface area (Å²) in [6, 6.07) is 5.01. The highest BCUT2D eigenvalue weighted by Gasteiger charge is 2.32. The van der Waals surface area contributed by atoms with E-state index in [0.717, 1.165) is 63.4 Å². The smallest absolute Gasteiger partial charge is 0.330 e. The third-order valence-corrected chi connectivity index (χ3v) is 7.11. The molecule has 1 fully saturated rings. The number of likely N-dealkylation sites (N-methyl/N-ethyl adjacent to an activating group) is 1. The first-order valence-electron chi connectivity index (χ1n) is 14.8. The van der Waals surface area contributed by atoms with E-state index in [4.69, 9.17) is 9.82 Å². The molecule has 2 aliphatic heterocycles. The maximum absolute atomic E-state index is 13.6. The number of benzene rings is 1. The van der Waals surface area contributed by atoms with Crippen molar-refractivity contribution < 1.29 is 17.3 Å². The molecule has 0 aliphatic carbocycles. The third-order valence-electron chi connectivity index (χ3n) is 7.11. The van der Waals surface area contributed by atoms with E-state index in [0.29, 0.717) is 42.7 Å². The van der Waals surface area contributed by atoms with Crippen molar-refractivity contribution in [2.45, 2.75) is 47.6 Å². The highest BCUT2D eigenvalue weighted by Crippen LogP contribution is 2.32. The van der Waals surface area contributed by atoms with Gasteiger partial charge in [-0.05, 0) is 57.1 Å². The number of piperazine rings is 1. The average molecular weight is 571 g/mol. The van der Waals surface area contributed by atoms with Crippen LogP contribution in [0.3, 0.4) is 0 Å². The van der Waals surface area contributed by atoms with Crippen LogP contribution < -0.4 is 20.6 Å². The molecule has 2 aromatic rings. The minimum Gasteiger partial charge on any atom is -0.354 e. The number of urea groups is 1. The molecule has 1 aromatic heterocycles. The van der Waals surface area contributed by atoms with E-state index in [1.807, 2.05) is 26.8 Å². The van der Waals surface area contributed by atoms with Crippen molar-refractivity contribution in [2.24, 2.45) is 0 Å². The topological polar surface area (TPSA) is 106 Å². The fraction of sp³-hybridized carbons (Fsp3) is 0.533. The molecule has 1 saturated heterocycles. The summed E-state index contributed by atoms with van der Waals surface area (Å²) >= 11 is 0. The van der Waals surface area contributed by atoms with E-state index in [2.05, 4.69) is 39.1 Å². The second kappa shape index (κ2) is 16.0. The van der Waals surface area contributed by atoms with Crippen LogP contribution >= 0.6 is 0 Å². The number of anilines is 3. The predicted octanol–water partition coefficient (Wildman–Crippen LogP) is 4.73. The van der Waals surface area contributed by atoms with Crippen molar-refractivity contribution >= 4 is 35.5 Å². The summed E-state index contributed by atoms with van der Waals surface area (Å²) in [7, 11) is 0. The SMILES string of the molecule is C=Cc1cc(C(=O)NOCC)cc(N2Cc3cnc(NCCCN4CCN(CC)CC4)nc3N(CC)C2=O)c1.CC.[HH].[HH]. The fourth-order valence-corrected chi connectivity index (χ4v) is 4.86. The van der Waals surface area contributed by atoms with Gasteiger partial charge in [-0.1, -0.05) is 33.4 Å². The zero-order valence-electron chi connectivity index (χ0n) is 25.3. The molecule has 1 aromatic carbocycles. The van der Waals surface area contributed by atoms with Gasteiger partial charge in [0.25, 0.3) is 5.91 Å². The Labute approximate surface area is 247 Å². The Hall–Kier alpha value is -3.54. The van der Waals surface area contributed by atoms with Crippen molar-refractivity contribution in [3.8, 4) is 0 Å². The number of carbonyl (C=O) groups excluding carboxylic acids is 2. The molecule has 3 amide bonds. The average Bonchev–Trinajstić information content (AvgIpc) is 3.02. The molecule has 41 heavy (non-hydrogen) atoms. The summed E-state index contributed by atoms with van der Waals surface area (Å²) < 4.78 is 0. The van der Waals surface area contributed by atoms with Crippen LogP contribution in [-0.2, 0) is 11.4 Å². The maximum Gasteiger partial charge on any atom is 0.330 e. The Morgan fingerprint density at radius 1 is 1.10 bits per heavy atom. The van der Waals surface area contributed by atoms with Gasteiger partial charge >= 0.3 is 6.03 Å². The number of hydroxylamine groups is 1. The highest BCUT2D eigenvalue weighted by atomic mass is 16.6. The lowest BCUT2D eigenvalue weighted by Gasteiger charge is -2.36. The maximum atomic E-state index is 13.6. The molecule has 4 rings (SSSR count). The predicted molar refractivity (Wildman–Crippen MR) is 169 cm³/mol. The van der Waals surface area contributed by atoms with Gasteiger partial charge in [0.05, 0.1) is 13.2 Å². The lowest BCUT2D eigenvalue weighted by Crippen LogP contribution is -2.48. The second-order valence-electron chi connectivity index (χ2n) is 9.59. The minimum atomic E-state index is -0.388. The highest BCUT2D eigenvalue weighted by molar-refractivity contribution is 6.06. The van der Waals surface area contributed by atoms with Crippen LogP contribution in [0.5, 0.6) is 0 Å². The molecule has 11 heteroatoms. The van der Waals surface area contributed by atoms with Crippen molar-refractivity contribution in [3.05, 3.63) is 47.7 Å². The molecule has 3 heterocycles. The molecule has 2 aliphatic rings. The van der Waals surface area contributed by atoms with Crippen LogP contribution in [0.1, 0.15) is 65.4 Å². The van der Waals surface area contributed by atoms with Gasteiger partial charge in [0, 0.05) is 65.1 Å². The van der Waals surface area contributed by atoms with Crippen LogP contribution in [0, 0.1) is 0 Å². The van der Waals surface area contributed by atoms with E-state index >= 15 is 0 Å². The molecular formula is C30H50N8O3. The molecule has 0 spiro atoms. The number of nitrogens with zero attached hydrogens (tertiary/aromatic N) is 6. The van der Waals surface area contributed by atoms with Gasteiger partial charge in [-0.15, -0.1) is 0 Å². The molecular weight excluding hydrogens is 520 g/mol. The first kappa shape index (κ1) is 32.0. The Morgan fingerprint density at radius 3 is 2.49 bits per heavy atom. The normalized spacial score (nSPS) is 15.6. The van der Waals surface area contributed by atoms with Gasteiger partial charge in [0.1, 0.15) is 5.82 Å². The summed E-state index contributed by atoms with van der Waals surface area (Å²) in [4.78, 5) is 48.7. The summed E-state index contributed by atoms with van der Waals surface area (Å²) in [6.07, 6.45) is 4.42. The summed E-state index contributed by atoms with van der Waals surface area (Å²) in [5.74, 6) is 0.746. The van der Waals surface area contributed by atoms with Crippen molar-refractivity contribution in [1.29, 1.82) is 0 Å². The molecule has 0 saturated carbocycles. The number of hydrogen-bond donors (Lipinski definition) is 2. The molecule has 2 N–H and O–H groups in total. The number of hydrogen-bond acceptors (Lipinski definition) is 8. The van der Waals surface area contributed by atoms with E-state index in [9.17, 15) is 9.59 Å².